The molecule has 0 saturated carbocycles. The number of nitrogens with two attached hydrogens (primary N) is 2. The van der Waals surface area contributed by atoms with Crippen LogP contribution < -0.4 is 20.9 Å². The van der Waals surface area contributed by atoms with E-state index in [0.717, 1.165) is 61.7 Å². The first-order valence-electron chi connectivity index (χ1n) is 9.45. The first kappa shape index (κ1) is 18.2. The minimum absolute atomic E-state index is 0.436. The first-order chi connectivity index (χ1) is 13.2. The molecule has 5 rings (SSSR count). The summed E-state index contributed by atoms with van der Waals surface area (Å²) in [5.41, 5.74) is 11.8. The molecule has 8 heteroatoms. The standard InChI is InChI=1S/C13H16N2O.C6H9N3OS/c14-13(16)15-12-10-5-1-3-8(10)7-9-4-2-6-11(9)12;7-11-5-4-8-9-2-1-3-10-6(5)9/h7H,1-6H2,(H3,14,15,16);4H,1-3,7H2. The molecule has 0 fully saturated rings. The molecular formula is C19H25N5O2S. The molecule has 1 aromatic carbocycles. The zero-order valence-corrected chi connectivity index (χ0v) is 16.1. The smallest absolute Gasteiger partial charge is 0.316 e. The molecule has 2 heterocycles. The van der Waals surface area contributed by atoms with Gasteiger partial charge in [0, 0.05) is 18.7 Å². The van der Waals surface area contributed by atoms with Gasteiger partial charge in [-0.25, -0.2) is 9.48 Å². The fourth-order valence-electron chi connectivity index (χ4n) is 4.22. The number of nitrogens with one attached hydrogen (secondary N) is 1. The number of ether oxygens (including phenoxy) is 1. The number of aromatic nitrogens is 2. The number of anilines is 1. The molecule has 2 aliphatic carbocycles. The summed E-state index contributed by atoms with van der Waals surface area (Å²) < 4.78 is 7.23. The lowest BCUT2D eigenvalue weighted by Gasteiger charge is -2.15. The Balaban J connectivity index is 0.000000143. The second-order valence-electron chi connectivity index (χ2n) is 7.08. The zero-order valence-electron chi connectivity index (χ0n) is 15.3. The van der Waals surface area contributed by atoms with Crippen LogP contribution in [0.3, 0.4) is 0 Å². The van der Waals surface area contributed by atoms with Crippen molar-refractivity contribution in [3.63, 3.8) is 0 Å². The Morgan fingerprint density at radius 2 is 1.85 bits per heavy atom. The van der Waals surface area contributed by atoms with Gasteiger partial charge in [-0.2, -0.15) is 5.10 Å². The van der Waals surface area contributed by atoms with Gasteiger partial charge in [-0.15, -0.1) is 0 Å². The summed E-state index contributed by atoms with van der Waals surface area (Å²) in [6.07, 6.45) is 9.63. The van der Waals surface area contributed by atoms with E-state index < -0.39 is 6.03 Å². The van der Waals surface area contributed by atoms with Gasteiger partial charge >= 0.3 is 6.03 Å². The predicted octanol–water partition coefficient (Wildman–Crippen LogP) is 2.79. The molecule has 0 spiro atoms. The van der Waals surface area contributed by atoms with Crippen LogP contribution in [0.15, 0.2) is 17.2 Å². The number of aryl methyl sites for hydroxylation is 3. The third kappa shape index (κ3) is 3.64. The van der Waals surface area contributed by atoms with E-state index in [9.17, 15) is 4.79 Å². The number of rotatable bonds is 2. The number of hydrogen-bond donors (Lipinski definition) is 3. The van der Waals surface area contributed by atoms with E-state index in [0.29, 0.717) is 0 Å². The van der Waals surface area contributed by atoms with Crippen molar-refractivity contribution < 1.29 is 9.53 Å². The summed E-state index contributed by atoms with van der Waals surface area (Å²) in [7, 11) is 0. The normalized spacial score (nSPS) is 16.5. The van der Waals surface area contributed by atoms with E-state index in [1.165, 1.54) is 47.0 Å². The first-order valence-corrected chi connectivity index (χ1v) is 10.3. The van der Waals surface area contributed by atoms with Crippen molar-refractivity contribution in [1.29, 1.82) is 0 Å². The van der Waals surface area contributed by atoms with Crippen LogP contribution in [0.25, 0.3) is 0 Å². The number of carbonyl (C=O) groups excluding carboxylic acids is 1. The van der Waals surface area contributed by atoms with Crippen molar-refractivity contribution in [2.75, 3.05) is 11.9 Å². The van der Waals surface area contributed by atoms with Gasteiger partial charge in [0.15, 0.2) is 0 Å². The molecule has 0 unspecified atom stereocenters. The highest BCUT2D eigenvalue weighted by Crippen LogP contribution is 2.38. The Bertz CT molecular complexity index is 819. The highest BCUT2D eigenvalue weighted by Gasteiger charge is 2.24. The molecule has 2 amide bonds. The average Bonchev–Trinajstić information content (AvgIpc) is 3.40. The number of hydrogen-bond acceptors (Lipinski definition) is 5. The predicted molar refractivity (Wildman–Crippen MR) is 106 cm³/mol. The molecule has 2 aromatic rings. The van der Waals surface area contributed by atoms with Crippen LogP contribution in [-0.4, -0.2) is 22.4 Å². The number of amides is 2. The summed E-state index contributed by atoms with van der Waals surface area (Å²) in [4.78, 5) is 12.0. The number of fused-ring (bicyclic) bond motifs is 3. The van der Waals surface area contributed by atoms with Crippen LogP contribution in [0, 0.1) is 0 Å². The van der Waals surface area contributed by atoms with Crippen molar-refractivity contribution in [2.24, 2.45) is 10.9 Å². The Morgan fingerprint density at radius 3 is 2.48 bits per heavy atom. The molecule has 7 nitrogen and oxygen atoms in total. The molecule has 144 valence electrons. The van der Waals surface area contributed by atoms with Crippen molar-refractivity contribution in [1.82, 2.24) is 9.78 Å². The largest absolute Gasteiger partial charge is 0.477 e. The van der Waals surface area contributed by atoms with E-state index >= 15 is 0 Å². The molecule has 1 aromatic heterocycles. The van der Waals surface area contributed by atoms with E-state index in [-0.39, 0.29) is 0 Å². The molecule has 5 N–H and O–H groups in total. The Labute approximate surface area is 162 Å². The molecule has 27 heavy (non-hydrogen) atoms. The maximum absolute atomic E-state index is 11.1. The second-order valence-corrected chi connectivity index (χ2v) is 7.76. The van der Waals surface area contributed by atoms with E-state index in [1.54, 1.807) is 6.20 Å². The van der Waals surface area contributed by atoms with Crippen molar-refractivity contribution in [3.05, 3.63) is 34.5 Å². The van der Waals surface area contributed by atoms with Crippen LogP contribution in [-0.2, 0) is 32.2 Å². The summed E-state index contributed by atoms with van der Waals surface area (Å²) in [6, 6.07) is 1.91. The number of nitrogens with zero attached hydrogens (tertiary/aromatic N) is 2. The van der Waals surface area contributed by atoms with Crippen LogP contribution in [0.4, 0.5) is 10.5 Å². The number of urea groups is 1. The SMILES string of the molecule is NC(=O)Nc1c2c(cc3c1CCC3)CCC2.NSc1cnn2c1OCCC2. The summed E-state index contributed by atoms with van der Waals surface area (Å²) in [5, 5.41) is 12.4. The van der Waals surface area contributed by atoms with Crippen LogP contribution in [0.1, 0.15) is 41.5 Å². The van der Waals surface area contributed by atoms with E-state index in [2.05, 4.69) is 16.5 Å². The van der Waals surface area contributed by atoms with Crippen LogP contribution >= 0.6 is 11.9 Å². The highest BCUT2D eigenvalue weighted by molar-refractivity contribution is 7.97. The monoisotopic (exact) mass is 387 g/mol. The van der Waals surface area contributed by atoms with E-state index in [1.807, 2.05) is 4.68 Å². The third-order valence-electron chi connectivity index (χ3n) is 5.36. The molecule has 0 bridgehead atoms. The quantitative estimate of drug-likeness (QED) is 0.687. The lowest BCUT2D eigenvalue weighted by Crippen LogP contribution is -2.21. The topological polar surface area (TPSA) is 108 Å². The van der Waals surface area contributed by atoms with Gasteiger partial charge in [-0.05, 0) is 72.7 Å². The maximum Gasteiger partial charge on any atom is 0.316 e. The van der Waals surface area contributed by atoms with Crippen molar-refractivity contribution >= 4 is 23.7 Å². The van der Waals surface area contributed by atoms with Gasteiger partial charge in [0.1, 0.15) is 4.90 Å². The number of carbonyl (C=O) groups is 1. The van der Waals surface area contributed by atoms with Crippen molar-refractivity contribution in [2.45, 2.75) is 56.4 Å². The van der Waals surface area contributed by atoms with Gasteiger partial charge in [0.05, 0.1) is 12.8 Å². The maximum atomic E-state index is 11.1. The Kier molecular flexibility index (Phi) is 5.27. The van der Waals surface area contributed by atoms with Gasteiger partial charge in [0.2, 0.25) is 5.88 Å². The fraction of sp³-hybridized carbons (Fsp3) is 0.474. The second kappa shape index (κ2) is 7.82. The Morgan fingerprint density at radius 1 is 1.15 bits per heavy atom. The molecule has 0 saturated heterocycles. The third-order valence-corrected chi connectivity index (χ3v) is 5.89. The summed E-state index contributed by atoms with van der Waals surface area (Å²) >= 11 is 1.18. The van der Waals surface area contributed by atoms with Crippen LogP contribution in [0.5, 0.6) is 5.88 Å². The van der Waals surface area contributed by atoms with Crippen LogP contribution in [0.2, 0.25) is 0 Å². The fourth-order valence-corrected chi connectivity index (χ4v) is 4.59. The minimum atomic E-state index is -0.436. The van der Waals surface area contributed by atoms with Gasteiger partial charge in [-0.3, -0.25) is 5.14 Å². The number of primary amides is 1. The molecular weight excluding hydrogens is 362 g/mol. The minimum Gasteiger partial charge on any atom is -0.477 e. The molecule has 0 radical (unpaired) electrons. The highest BCUT2D eigenvalue weighted by atomic mass is 32.2. The molecule has 3 aliphatic rings. The van der Waals surface area contributed by atoms with Gasteiger partial charge in [-0.1, -0.05) is 6.07 Å². The van der Waals surface area contributed by atoms with Gasteiger partial charge < -0.3 is 15.8 Å². The molecule has 0 atom stereocenters. The lowest BCUT2D eigenvalue weighted by atomic mass is 9.99. The summed E-state index contributed by atoms with van der Waals surface area (Å²) in [5.74, 6) is 0.823. The van der Waals surface area contributed by atoms with Gasteiger partial charge in [0.25, 0.3) is 0 Å². The molecule has 1 aliphatic heterocycles. The zero-order chi connectivity index (χ0) is 18.8. The Hall–Kier alpha value is -2.19. The van der Waals surface area contributed by atoms with Crippen molar-refractivity contribution in [3.8, 4) is 5.88 Å². The van der Waals surface area contributed by atoms with E-state index in [4.69, 9.17) is 15.6 Å². The average molecular weight is 388 g/mol. The summed E-state index contributed by atoms with van der Waals surface area (Å²) in [6.45, 7) is 1.72. The lowest BCUT2D eigenvalue weighted by molar-refractivity contribution is 0.225. The number of benzene rings is 1.